The van der Waals surface area contributed by atoms with E-state index in [-0.39, 0.29) is 16.0 Å². The first-order valence-electron chi connectivity index (χ1n) is 5.67. The number of halogens is 2. The van der Waals surface area contributed by atoms with E-state index in [4.69, 9.17) is 28.9 Å². The number of nitrogens with zero attached hydrogens (tertiary/aromatic N) is 1. The summed E-state index contributed by atoms with van der Waals surface area (Å²) < 4.78 is 0. The molecule has 0 bridgehead atoms. The van der Waals surface area contributed by atoms with Crippen molar-refractivity contribution in [3.8, 4) is 0 Å². The molecule has 0 spiro atoms. The number of hydrogen-bond donors (Lipinski definition) is 2. The van der Waals surface area contributed by atoms with Crippen molar-refractivity contribution in [2.75, 3.05) is 32.4 Å². The molecule has 3 N–H and O–H groups in total. The minimum atomic E-state index is -0.265. The van der Waals surface area contributed by atoms with Crippen LogP contribution in [0.5, 0.6) is 0 Å². The third kappa shape index (κ3) is 4.05. The number of carbonyl (C=O) groups is 1. The van der Waals surface area contributed by atoms with E-state index in [9.17, 15) is 4.79 Å². The molecule has 0 aliphatic rings. The molecule has 0 saturated carbocycles. The zero-order valence-corrected chi connectivity index (χ0v) is 12.0. The van der Waals surface area contributed by atoms with Gasteiger partial charge in [-0.05, 0) is 25.7 Å². The highest BCUT2D eigenvalue weighted by Gasteiger charge is 2.13. The van der Waals surface area contributed by atoms with Crippen LogP contribution in [0.4, 0.5) is 5.69 Å². The summed E-state index contributed by atoms with van der Waals surface area (Å²) in [6, 6.07) is 3.04. The van der Waals surface area contributed by atoms with Gasteiger partial charge in [-0.1, -0.05) is 30.1 Å². The number of carbonyl (C=O) groups excluding carboxylic acids is 1. The van der Waals surface area contributed by atoms with Gasteiger partial charge in [-0.15, -0.1) is 0 Å². The van der Waals surface area contributed by atoms with Crippen molar-refractivity contribution < 1.29 is 4.79 Å². The Morgan fingerprint density at radius 3 is 2.72 bits per heavy atom. The normalized spacial score (nSPS) is 10.7. The van der Waals surface area contributed by atoms with Crippen LogP contribution in [0.1, 0.15) is 17.3 Å². The maximum Gasteiger partial charge on any atom is 0.252 e. The van der Waals surface area contributed by atoms with Gasteiger partial charge in [0.05, 0.1) is 15.6 Å². The van der Waals surface area contributed by atoms with Gasteiger partial charge in [0.15, 0.2) is 0 Å². The lowest BCUT2D eigenvalue weighted by Gasteiger charge is -2.14. The Hall–Kier alpha value is -0.970. The molecule has 100 valence electrons. The Kier molecular flexibility index (Phi) is 5.72. The predicted octanol–water partition coefficient (Wildman–Crippen LogP) is 2.26. The summed E-state index contributed by atoms with van der Waals surface area (Å²) in [5.41, 5.74) is 6.36. The van der Waals surface area contributed by atoms with E-state index in [0.717, 1.165) is 13.1 Å². The van der Waals surface area contributed by atoms with E-state index >= 15 is 0 Å². The summed E-state index contributed by atoms with van der Waals surface area (Å²) >= 11 is 11.8. The number of nitrogen functional groups attached to an aromatic ring is 1. The van der Waals surface area contributed by atoms with Crippen molar-refractivity contribution >= 4 is 34.8 Å². The monoisotopic (exact) mass is 289 g/mol. The highest BCUT2D eigenvalue weighted by molar-refractivity contribution is 6.44. The van der Waals surface area contributed by atoms with Gasteiger partial charge >= 0.3 is 0 Å². The van der Waals surface area contributed by atoms with Crippen molar-refractivity contribution in [2.45, 2.75) is 6.92 Å². The second kappa shape index (κ2) is 6.83. The summed E-state index contributed by atoms with van der Waals surface area (Å²) in [4.78, 5) is 14.0. The van der Waals surface area contributed by atoms with Crippen LogP contribution in [0.2, 0.25) is 10.0 Å². The van der Waals surface area contributed by atoms with E-state index in [1.165, 1.54) is 12.1 Å². The third-order valence-electron chi connectivity index (χ3n) is 2.61. The average molecular weight is 290 g/mol. The lowest BCUT2D eigenvalue weighted by atomic mass is 10.2. The standard InChI is InChI=1S/C12H17Cl2N3O/c1-3-17(2)5-4-16-12(18)9-6-8(15)7-10(13)11(9)14/h6-7H,3-5,15H2,1-2H3,(H,16,18). The first-order valence-corrected chi connectivity index (χ1v) is 6.42. The minimum Gasteiger partial charge on any atom is -0.399 e. The van der Waals surface area contributed by atoms with Gasteiger partial charge < -0.3 is 16.0 Å². The number of anilines is 1. The number of nitrogens with two attached hydrogens (primary N) is 1. The van der Waals surface area contributed by atoms with E-state index in [0.29, 0.717) is 17.8 Å². The minimum absolute atomic E-state index is 0.229. The zero-order chi connectivity index (χ0) is 13.7. The molecule has 0 radical (unpaired) electrons. The Morgan fingerprint density at radius 1 is 1.44 bits per heavy atom. The van der Waals surface area contributed by atoms with Crippen molar-refractivity contribution in [1.82, 2.24) is 10.2 Å². The molecule has 0 heterocycles. The highest BCUT2D eigenvalue weighted by Crippen LogP contribution is 2.28. The molecule has 0 aliphatic carbocycles. The van der Waals surface area contributed by atoms with Crippen LogP contribution >= 0.6 is 23.2 Å². The Labute approximate surface area is 117 Å². The van der Waals surface area contributed by atoms with Crippen LogP contribution in [-0.2, 0) is 0 Å². The van der Waals surface area contributed by atoms with Crippen LogP contribution in [0, 0.1) is 0 Å². The molecule has 4 nitrogen and oxygen atoms in total. The maximum absolute atomic E-state index is 11.9. The lowest BCUT2D eigenvalue weighted by Crippen LogP contribution is -2.33. The van der Waals surface area contributed by atoms with Gasteiger partial charge in [-0.2, -0.15) is 0 Å². The van der Waals surface area contributed by atoms with Crippen molar-refractivity contribution in [3.63, 3.8) is 0 Å². The third-order valence-corrected chi connectivity index (χ3v) is 3.42. The van der Waals surface area contributed by atoms with Crippen LogP contribution in [0.3, 0.4) is 0 Å². The predicted molar refractivity (Wildman–Crippen MR) is 76.4 cm³/mol. The molecule has 0 atom stereocenters. The smallest absolute Gasteiger partial charge is 0.252 e. The molecule has 0 unspecified atom stereocenters. The fraction of sp³-hybridized carbons (Fsp3) is 0.417. The van der Waals surface area contributed by atoms with E-state index in [1.54, 1.807) is 0 Å². The quantitative estimate of drug-likeness (QED) is 0.818. The number of likely N-dealkylation sites (N-methyl/N-ethyl adjacent to an activating group) is 1. The fourth-order valence-electron chi connectivity index (χ4n) is 1.39. The highest BCUT2D eigenvalue weighted by atomic mass is 35.5. The summed E-state index contributed by atoms with van der Waals surface area (Å²) in [5.74, 6) is -0.265. The SMILES string of the molecule is CCN(C)CCNC(=O)c1cc(N)cc(Cl)c1Cl. The average Bonchev–Trinajstić information content (AvgIpc) is 2.33. The molecule has 1 amide bonds. The van der Waals surface area contributed by atoms with Gasteiger partial charge in [-0.3, -0.25) is 4.79 Å². The van der Waals surface area contributed by atoms with Crippen molar-refractivity contribution in [3.05, 3.63) is 27.7 Å². The lowest BCUT2D eigenvalue weighted by molar-refractivity contribution is 0.0950. The largest absolute Gasteiger partial charge is 0.399 e. The molecular weight excluding hydrogens is 273 g/mol. The van der Waals surface area contributed by atoms with Gasteiger partial charge in [0, 0.05) is 18.8 Å². The van der Waals surface area contributed by atoms with Gasteiger partial charge in [-0.25, -0.2) is 0 Å². The van der Waals surface area contributed by atoms with E-state index < -0.39 is 0 Å². The molecule has 0 aromatic heterocycles. The van der Waals surface area contributed by atoms with Crippen molar-refractivity contribution in [1.29, 1.82) is 0 Å². The van der Waals surface area contributed by atoms with Crippen LogP contribution in [0.15, 0.2) is 12.1 Å². The topological polar surface area (TPSA) is 58.4 Å². The maximum atomic E-state index is 11.9. The number of nitrogens with one attached hydrogen (secondary N) is 1. The number of rotatable bonds is 5. The van der Waals surface area contributed by atoms with Crippen molar-refractivity contribution in [2.24, 2.45) is 0 Å². The number of amides is 1. The molecule has 1 aromatic carbocycles. The molecule has 1 rings (SSSR count). The molecular formula is C12H17Cl2N3O. The first-order chi connectivity index (χ1) is 8.45. The van der Waals surface area contributed by atoms with E-state index in [1.807, 2.05) is 7.05 Å². The second-order valence-corrected chi connectivity index (χ2v) is 4.80. The number of benzene rings is 1. The fourth-order valence-corrected chi connectivity index (χ4v) is 1.81. The Morgan fingerprint density at radius 2 is 2.11 bits per heavy atom. The van der Waals surface area contributed by atoms with Crippen LogP contribution in [0.25, 0.3) is 0 Å². The summed E-state index contributed by atoms with van der Waals surface area (Å²) in [6.07, 6.45) is 0. The second-order valence-electron chi connectivity index (χ2n) is 4.02. The Balaban J connectivity index is 2.67. The van der Waals surface area contributed by atoms with Gasteiger partial charge in [0.25, 0.3) is 5.91 Å². The summed E-state index contributed by atoms with van der Waals surface area (Å²) in [7, 11) is 1.98. The van der Waals surface area contributed by atoms with Gasteiger partial charge in [0.1, 0.15) is 0 Å². The molecule has 18 heavy (non-hydrogen) atoms. The molecule has 0 aliphatic heterocycles. The van der Waals surface area contributed by atoms with Gasteiger partial charge in [0.2, 0.25) is 0 Å². The van der Waals surface area contributed by atoms with E-state index in [2.05, 4.69) is 17.1 Å². The Bertz CT molecular complexity index is 438. The molecule has 6 heteroatoms. The number of hydrogen-bond acceptors (Lipinski definition) is 3. The zero-order valence-electron chi connectivity index (χ0n) is 10.5. The van der Waals surface area contributed by atoms with Crippen LogP contribution in [-0.4, -0.2) is 37.5 Å². The summed E-state index contributed by atoms with van der Waals surface area (Å²) in [6.45, 7) is 4.30. The summed E-state index contributed by atoms with van der Waals surface area (Å²) in [5, 5.41) is 3.29. The molecule has 0 fully saturated rings. The van der Waals surface area contributed by atoms with Crippen LogP contribution < -0.4 is 11.1 Å². The molecule has 0 saturated heterocycles. The molecule has 1 aromatic rings. The first kappa shape index (κ1) is 15.1.